The van der Waals surface area contributed by atoms with Crippen LogP contribution in [0.1, 0.15) is 36.6 Å². The Morgan fingerprint density at radius 2 is 2.37 bits per heavy atom. The van der Waals surface area contributed by atoms with Crippen LogP contribution in [0.4, 0.5) is 0 Å². The Bertz CT molecular complexity index is 424. The summed E-state index contributed by atoms with van der Waals surface area (Å²) in [5.74, 6) is 0. The number of aromatic nitrogens is 1. The Labute approximate surface area is 114 Å². The minimum absolute atomic E-state index is 0.141. The number of nitrogens with zero attached hydrogens (tertiary/aromatic N) is 1. The molecular formula is C15H21NO3. The first kappa shape index (κ1) is 13.0. The summed E-state index contributed by atoms with van der Waals surface area (Å²) in [4.78, 5) is 4.45. The molecule has 0 N–H and O–H groups in total. The molecule has 3 atom stereocenters. The number of hydrogen-bond donors (Lipinski definition) is 0. The maximum atomic E-state index is 6.02. The Kier molecular flexibility index (Phi) is 4.11. The van der Waals surface area contributed by atoms with E-state index in [1.54, 1.807) is 7.11 Å². The van der Waals surface area contributed by atoms with Crippen LogP contribution in [0.5, 0.6) is 0 Å². The average molecular weight is 263 g/mol. The largest absolute Gasteiger partial charge is 0.381 e. The highest BCUT2D eigenvalue weighted by molar-refractivity contribution is 5.26. The van der Waals surface area contributed by atoms with Crippen molar-refractivity contribution in [1.29, 1.82) is 0 Å². The predicted octanol–water partition coefficient (Wildman–Crippen LogP) is 2.28. The smallest absolute Gasteiger partial charge is 0.100 e. The quantitative estimate of drug-likeness (QED) is 0.835. The summed E-state index contributed by atoms with van der Waals surface area (Å²) in [5, 5.41) is 0. The van der Waals surface area contributed by atoms with Crippen LogP contribution in [0.3, 0.4) is 0 Å². The molecule has 3 rings (SSSR count). The highest BCUT2D eigenvalue weighted by Gasteiger charge is 2.27. The van der Waals surface area contributed by atoms with Gasteiger partial charge in [0.25, 0.3) is 0 Å². The molecule has 2 heterocycles. The van der Waals surface area contributed by atoms with E-state index in [1.165, 1.54) is 5.56 Å². The van der Waals surface area contributed by atoms with Crippen LogP contribution in [0.25, 0.3) is 0 Å². The Hall–Kier alpha value is -0.970. The number of rotatable bonds is 4. The second-order valence-electron chi connectivity index (χ2n) is 5.28. The minimum Gasteiger partial charge on any atom is -0.381 e. The molecule has 104 valence electrons. The van der Waals surface area contributed by atoms with E-state index in [-0.39, 0.29) is 12.2 Å². The lowest BCUT2D eigenvalue weighted by atomic mass is 10.1. The first-order valence-corrected chi connectivity index (χ1v) is 7.06. The first-order chi connectivity index (χ1) is 9.36. The number of fused-ring (bicyclic) bond motifs is 1. The Balaban J connectivity index is 1.53. The van der Waals surface area contributed by atoms with Crippen LogP contribution >= 0.6 is 0 Å². The van der Waals surface area contributed by atoms with Crippen molar-refractivity contribution in [2.24, 2.45) is 0 Å². The molecule has 4 heteroatoms. The Morgan fingerprint density at radius 1 is 1.42 bits per heavy atom. The van der Waals surface area contributed by atoms with Crippen molar-refractivity contribution < 1.29 is 14.2 Å². The topological polar surface area (TPSA) is 40.6 Å². The molecule has 1 aliphatic carbocycles. The van der Waals surface area contributed by atoms with Crippen molar-refractivity contribution >= 4 is 0 Å². The summed E-state index contributed by atoms with van der Waals surface area (Å²) in [7, 11) is 1.77. The van der Waals surface area contributed by atoms with E-state index in [9.17, 15) is 0 Å². The molecule has 1 aliphatic heterocycles. The summed E-state index contributed by atoms with van der Waals surface area (Å²) in [5.41, 5.74) is 2.44. The SMILES string of the molecule is COC1CCOC(COC2CCc3cccnc32)C1. The van der Waals surface area contributed by atoms with Crippen molar-refractivity contribution in [2.45, 2.75) is 44.0 Å². The minimum atomic E-state index is 0.141. The lowest BCUT2D eigenvalue weighted by Gasteiger charge is -2.29. The van der Waals surface area contributed by atoms with E-state index in [2.05, 4.69) is 11.1 Å². The molecule has 0 bridgehead atoms. The van der Waals surface area contributed by atoms with Gasteiger partial charge in [-0.2, -0.15) is 0 Å². The Morgan fingerprint density at radius 3 is 3.26 bits per heavy atom. The zero-order valence-corrected chi connectivity index (χ0v) is 11.4. The molecular weight excluding hydrogens is 242 g/mol. The monoisotopic (exact) mass is 263 g/mol. The summed E-state index contributed by atoms with van der Waals surface area (Å²) < 4.78 is 17.2. The molecule has 0 saturated carbocycles. The zero-order chi connectivity index (χ0) is 13.1. The maximum Gasteiger partial charge on any atom is 0.100 e. The van der Waals surface area contributed by atoms with Gasteiger partial charge in [-0.25, -0.2) is 0 Å². The molecule has 1 aromatic rings. The number of aryl methyl sites for hydroxylation is 1. The fourth-order valence-corrected chi connectivity index (χ4v) is 2.94. The van der Waals surface area contributed by atoms with Gasteiger partial charge in [0.1, 0.15) is 6.10 Å². The normalized spacial score (nSPS) is 30.3. The third kappa shape index (κ3) is 2.96. The van der Waals surface area contributed by atoms with E-state index in [0.29, 0.717) is 12.7 Å². The van der Waals surface area contributed by atoms with Gasteiger partial charge in [0.15, 0.2) is 0 Å². The van der Waals surface area contributed by atoms with Gasteiger partial charge in [0.05, 0.1) is 24.5 Å². The molecule has 1 aromatic heterocycles. The van der Waals surface area contributed by atoms with E-state index in [0.717, 1.165) is 38.0 Å². The second kappa shape index (κ2) is 5.99. The van der Waals surface area contributed by atoms with Crippen LogP contribution in [-0.2, 0) is 20.6 Å². The highest BCUT2D eigenvalue weighted by atomic mass is 16.5. The van der Waals surface area contributed by atoms with Gasteiger partial charge in [-0.15, -0.1) is 0 Å². The van der Waals surface area contributed by atoms with Crippen molar-refractivity contribution in [1.82, 2.24) is 4.98 Å². The third-order valence-electron chi connectivity index (χ3n) is 4.04. The summed E-state index contributed by atoms with van der Waals surface area (Å²) >= 11 is 0. The molecule has 19 heavy (non-hydrogen) atoms. The second-order valence-corrected chi connectivity index (χ2v) is 5.28. The number of hydrogen-bond acceptors (Lipinski definition) is 4. The van der Waals surface area contributed by atoms with Crippen LogP contribution in [0.15, 0.2) is 18.3 Å². The zero-order valence-electron chi connectivity index (χ0n) is 11.4. The first-order valence-electron chi connectivity index (χ1n) is 7.06. The van der Waals surface area contributed by atoms with Gasteiger partial charge in [0.2, 0.25) is 0 Å². The van der Waals surface area contributed by atoms with Crippen molar-refractivity contribution in [3.8, 4) is 0 Å². The fourth-order valence-electron chi connectivity index (χ4n) is 2.94. The summed E-state index contributed by atoms with van der Waals surface area (Å²) in [6.45, 7) is 1.41. The average Bonchev–Trinajstić information content (AvgIpc) is 2.89. The highest BCUT2D eigenvalue weighted by Crippen LogP contribution is 2.32. The van der Waals surface area contributed by atoms with Gasteiger partial charge < -0.3 is 14.2 Å². The maximum absolute atomic E-state index is 6.02. The number of methoxy groups -OCH3 is 1. The summed E-state index contributed by atoms with van der Waals surface area (Å²) in [6, 6.07) is 4.14. The fraction of sp³-hybridized carbons (Fsp3) is 0.667. The molecule has 1 saturated heterocycles. The molecule has 1 fully saturated rings. The van der Waals surface area contributed by atoms with Gasteiger partial charge in [-0.3, -0.25) is 4.98 Å². The van der Waals surface area contributed by atoms with E-state index in [4.69, 9.17) is 14.2 Å². The molecule has 0 spiro atoms. The molecule has 3 unspecified atom stereocenters. The molecule has 0 radical (unpaired) electrons. The standard InChI is InChI=1S/C15H21NO3/c1-17-12-6-8-18-13(9-12)10-19-14-5-4-11-3-2-7-16-15(11)14/h2-3,7,12-14H,4-6,8-10H2,1H3. The predicted molar refractivity (Wildman–Crippen MR) is 71.0 cm³/mol. The third-order valence-corrected chi connectivity index (χ3v) is 4.04. The lowest BCUT2D eigenvalue weighted by molar-refractivity contribution is -0.101. The van der Waals surface area contributed by atoms with E-state index >= 15 is 0 Å². The van der Waals surface area contributed by atoms with Crippen molar-refractivity contribution in [2.75, 3.05) is 20.3 Å². The van der Waals surface area contributed by atoms with Crippen molar-refractivity contribution in [3.63, 3.8) is 0 Å². The van der Waals surface area contributed by atoms with Crippen LogP contribution in [0.2, 0.25) is 0 Å². The van der Waals surface area contributed by atoms with E-state index < -0.39 is 0 Å². The molecule has 0 amide bonds. The van der Waals surface area contributed by atoms with Gasteiger partial charge in [-0.05, 0) is 30.9 Å². The van der Waals surface area contributed by atoms with Gasteiger partial charge >= 0.3 is 0 Å². The van der Waals surface area contributed by atoms with E-state index in [1.807, 2.05) is 12.3 Å². The summed E-state index contributed by atoms with van der Waals surface area (Å²) in [6.07, 6.45) is 6.48. The van der Waals surface area contributed by atoms with Gasteiger partial charge in [-0.1, -0.05) is 6.07 Å². The van der Waals surface area contributed by atoms with Crippen LogP contribution in [-0.4, -0.2) is 37.5 Å². The van der Waals surface area contributed by atoms with Crippen LogP contribution < -0.4 is 0 Å². The van der Waals surface area contributed by atoms with Gasteiger partial charge in [0, 0.05) is 26.3 Å². The van der Waals surface area contributed by atoms with Crippen molar-refractivity contribution in [3.05, 3.63) is 29.6 Å². The lowest BCUT2D eigenvalue weighted by Crippen LogP contribution is -2.33. The number of ether oxygens (including phenoxy) is 3. The number of pyridine rings is 1. The van der Waals surface area contributed by atoms with Crippen LogP contribution in [0, 0.1) is 0 Å². The molecule has 2 aliphatic rings. The molecule has 0 aromatic carbocycles. The molecule has 4 nitrogen and oxygen atoms in total.